The molecule has 35 heavy (non-hydrogen) atoms. The number of nitrogens with two attached hydrogens (primary N) is 1. The van der Waals surface area contributed by atoms with Crippen LogP contribution in [-0.2, 0) is 25.6 Å². The number of carbonyl (C=O) groups excluding carboxylic acids is 3. The first-order valence-electron chi connectivity index (χ1n) is 11.4. The maximum Gasteiger partial charge on any atom is 0.340 e. The Hall–Kier alpha value is -3.89. The second-order valence-electron chi connectivity index (χ2n) is 8.25. The predicted octanol–water partition coefficient (Wildman–Crippen LogP) is 0.998. The van der Waals surface area contributed by atoms with Gasteiger partial charge in [-0.15, -0.1) is 0 Å². The van der Waals surface area contributed by atoms with Gasteiger partial charge in [0, 0.05) is 43.6 Å². The van der Waals surface area contributed by atoms with Crippen LogP contribution in [0.2, 0.25) is 0 Å². The highest BCUT2D eigenvalue weighted by Gasteiger charge is 2.22. The van der Waals surface area contributed by atoms with Crippen molar-refractivity contribution in [1.29, 1.82) is 0 Å². The Morgan fingerprint density at radius 1 is 1.09 bits per heavy atom. The fourth-order valence-corrected chi connectivity index (χ4v) is 3.63. The average molecular weight is 489 g/mol. The number of likely N-dealkylation sites (N-methyl/N-ethyl adjacent to an activating group) is 1. The molecule has 190 valence electrons. The van der Waals surface area contributed by atoms with Crippen LogP contribution in [0.5, 0.6) is 0 Å². The summed E-state index contributed by atoms with van der Waals surface area (Å²) < 4.78 is 5.30. The van der Waals surface area contributed by atoms with Crippen LogP contribution in [0.25, 0.3) is 11.0 Å². The molecule has 1 aromatic carbocycles. The summed E-state index contributed by atoms with van der Waals surface area (Å²) >= 11 is 0. The number of aryl methyl sites for hydroxylation is 1. The number of fused-ring (bicyclic) bond motifs is 1. The summed E-state index contributed by atoms with van der Waals surface area (Å²) in [6.07, 6.45) is 1.75. The van der Waals surface area contributed by atoms with E-state index >= 15 is 0 Å². The van der Waals surface area contributed by atoms with Crippen molar-refractivity contribution in [2.45, 2.75) is 57.9 Å². The Kier molecular flexibility index (Phi) is 10.2. The zero-order valence-electron chi connectivity index (χ0n) is 19.9. The topological polar surface area (TPSA) is 181 Å². The van der Waals surface area contributed by atoms with Gasteiger partial charge in [0.2, 0.25) is 17.7 Å². The summed E-state index contributed by atoms with van der Waals surface area (Å²) in [4.78, 5) is 59.9. The van der Waals surface area contributed by atoms with Gasteiger partial charge >= 0.3 is 11.6 Å². The van der Waals surface area contributed by atoms with Gasteiger partial charge in [0.25, 0.3) is 0 Å². The number of carboxylic acids is 1. The molecule has 3 amide bonds. The first kappa shape index (κ1) is 27.4. The smallest absolute Gasteiger partial charge is 0.340 e. The molecule has 2 aromatic rings. The largest absolute Gasteiger partial charge is 0.481 e. The maximum atomic E-state index is 12.7. The lowest BCUT2D eigenvalue weighted by molar-refractivity contribution is -0.137. The number of rotatable bonds is 13. The highest BCUT2D eigenvalue weighted by atomic mass is 16.4. The minimum absolute atomic E-state index is 0.00601. The predicted molar refractivity (Wildman–Crippen MR) is 130 cm³/mol. The standard InChI is InChI=1S/C24H32N4O7/c1-14-16-8-7-15(25)12-19(16)35-24(34)17(14)13-21(30)28-18(23(33)26-2)9-10-20(29)27-11-5-3-4-6-22(31)32/h7-8,12,18H,3-6,9-11,13,25H2,1-2H3,(H,26,33)(H,27,29)(H,28,30)(H,31,32). The van der Waals surface area contributed by atoms with E-state index in [4.69, 9.17) is 15.3 Å². The fraction of sp³-hybridized carbons (Fsp3) is 0.458. The number of benzene rings is 1. The van der Waals surface area contributed by atoms with E-state index in [1.54, 1.807) is 19.1 Å². The molecular formula is C24H32N4O7. The van der Waals surface area contributed by atoms with E-state index in [-0.39, 0.29) is 37.2 Å². The summed E-state index contributed by atoms with van der Waals surface area (Å²) in [5.74, 6) is -2.14. The van der Waals surface area contributed by atoms with Crippen molar-refractivity contribution in [3.05, 3.63) is 39.7 Å². The molecule has 0 aliphatic rings. The van der Waals surface area contributed by atoms with E-state index in [1.165, 1.54) is 13.1 Å². The molecule has 11 nitrogen and oxygen atoms in total. The quantitative estimate of drug-likeness (QED) is 0.157. The molecule has 0 aliphatic heterocycles. The molecule has 0 aliphatic carbocycles. The Balaban J connectivity index is 1.93. The summed E-state index contributed by atoms with van der Waals surface area (Å²) in [6.45, 7) is 2.11. The van der Waals surface area contributed by atoms with Crippen molar-refractivity contribution >= 4 is 40.3 Å². The third kappa shape index (κ3) is 8.43. The number of hydrogen-bond donors (Lipinski definition) is 5. The van der Waals surface area contributed by atoms with Gasteiger partial charge in [-0.2, -0.15) is 0 Å². The van der Waals surface area contributed by atoms with Crippen LogP contribution in [0, 0.1) is 6.92 Å². The summed E-state index contributed by atoms with van der Waals surface area (Å²) in [6, 6.07) is 3.96. The van der Waals surface area contributed by atoms with E-state index in [9.17, 15) is 24.0 Å². The van der Waals surface area contributed by atoms with Crippen molar-refractivity contribution in [3.8, 4) is 0 Å². The van der Waals surface area contributed by atoms with Gasteiger partial charge in [-0.05, 0) is 43.9 Å². The number of aliphatic carboxylic acids is 1. The van der Waals surface area contributed by atoms with Crippen molar-refractivity contribution in [2.75, 3.05) is 19.3 Å². The van der Waals surface area contributed by atoms with Crippen molar-refractivity contribution in [3.63, 3.8) is 0 Å². The molecule has 1 aromatic heterocycles. The van der Waals surface area contributed by atoms with Crippen LogP contribution >= 0.6 is 0 Å². The van der Waals surface area contributed by atoms with Gasteiger partial charge in [-0.1, -0.05) is 6.42 Å². The Bertz CT molecular complexity index is 1140. The SMILES string of the molecule is CNC(=O)C(CCC(=O)NCCCCCC(=O)O)NC(=O)Cc1c(C)c2ccc(N)cc2oc1=O. The second-order valence-corrected chi connectivity index (χ2v) is 8.25. The third-order valence-corrected chi connectivity index (χ3v) is 5.60. The number of carbonyl (C=O) groups is 4. The Morgan fingerprint density at radius 2 is 1.83 bits per heavy atom. The molecule has 0 fully saturated rings. The number of nitrogens with one attached hydrogen (secondary N) is 3. The molecule has 0 saturated heterocycles. The monoisotopic (exact) mass is 488 g/mol. The first-order valence-corrected chi connectivity index (χ1v) is 11.4. The Labute approximate surface area is 202 Å². The molecule has 2 rings (SSSR count). The molecule has 1 unspecified atom stereocenters. The second kappa shape index (κ2) is 13.1. The number of carboxylic acid groups (broad SMARTS) is 1. The van der Waals surface area contributed by atoms with Crippen LogP contribution < -0.4 is 27.3 Å². The summed E-state index contributed by atoms with van der Waals surface area (Å²) in [5.41, 5.74) is 6.61. The van der Waals surface area contributed by atoms with E-state index in [0.717, 1.165) is 0 Å². The maximum absolute atomic E-state index is 12.7. The number of amides is 3. The van der Waals surface area contributed by atoms with Gasteiger partial charge in [0.05, 0.1) is 12.0 Å². The summed E-state index contributed by atoms with van der Waals surface area (Å²) in [7, 11) is 1.42. The van der Waals surface area contributed by atoms with Gasteiger partial charge in [-0.3, -0.25) is 19.2 Å². The normalized spacial score (nSPS) is 11.6. The summed E-state index contributed by atoms with van der Waals surface area (Å²) in [5, 5.41) is 17.0. The van der Waals surface area contributed by atoms with E-state index in [0.29, 0.717) is 48.0 Å². The average Bonchev–Trinajstić information content (AvgIpc) is 2.80. The van der Waals surface area contributed by atoms with E-state index in [1.807, 2.05) is 0 Å². The highest BCUT2D eigenvalue weighted by molar-refractivity contribution is 5.90. The first-order chi connectivity index (χ1) is 16.6. The van der Waals surface area contributed by atoms with Crippen molar-refractivity contribution in [2.24, 2.45) is 0 Å². The lowest BCUT2D eigenvalue weighted by atomic mass is 10.0. The van der Waals surface area contributed by atoms with E-state index in [2.05, 4.69) is 16.0 Å². The van der Waals surface area contributed by atoms with Crippen molar-refractivity contribution < 1.29 is 28.7 Å². The van der Waals surface area contributed by atoms with Gasteiger partial charge < -0.3 is 31.2 Å². The molecule has 0 radical (unpaired) electrons. The molecule has 11 heteroatoms. The van der Waals surface area contributed by atoms with Crippen LogP contribution in [0.4, 0.5) is 5.69 Å². The lowest BCUT2D eigenvalue weighted by Crippen LogP contribution is -2.47. The van der Waals surface area contributed by atoms with Crippen LogP contribution in [-0.4, -0.2) is 48.4 Å². The van der Waals surface area contributed by atoms with Crippen LogP contribution in [0.3, 0.4) is 0 Å². The highest BCUT2D eigenvalue weighted by Crippen LogP contribution is 2.22. The van der Waals surface area contributed by atoms with Gasteiger partial charge in [0.1, 0.15) is 11.6 Å². The Morgan fingerprint density at radius 3 is 2.51 bits per heavy atom. The zero-order chi connectivity index (χ0) is 26.0. The lowest BCUT2D eigenvalue weighted by Gasteiger charge is -2.17. The molecule has 0 bridgehead atoms. The fourth-order valence-electron chi connectivity index (χ4n) is 3.63. The third-order valence-electron chi connectivity index (χ3n) is 5.60. The molecule has 6 N–H and O–H groups in total. The molecule has 0 spiro atoms. The molecular weight excluding hydrogens is 456 g/mol. The van der Waals surface area contributed by atoms with Gasteiger partial charge in [-0.25, -0.2) is 4.79 Å². The molecule has 0 saturated carbocycles. The molecule has 1 atom stereocenters. The number of hydrogen-bond acceptors (Lipinski definition) is 7. The van der Waals surface area contributed by atoms with Crippen LogP contribution in [0.1, 0.15) is 49.7 Å². The van der Waals surface area contributed by atoms with E-state index < -0.39 is 29.5 Å². The number of anilines is 1. The number of nitrogen functional groups attached to an aromatic ring is 1. The zero-order valence-corrected chi connectivity index (χ0v) is 19.9. The van der Waals surface area contributed by atoms with Crippen molar-refractivity contribution in [1.82, 2.24) is 16.0 Å². The molecule has 1 heterocycles. The number of unbranched alkanes of at least 4 members (excludes halogenated alkanes) is 2. The van der Waals surface area contributed by atoms with Gasteiger partial charge in [0.15, 0.2) is 0 Å². The van der Waals surface area contributed by atoms with Crippen LogP contribution in [0.15, 0.2) is 27.4 Å². The minimum Gasteiger partial charge on any atom is -0.481 e. The minimum atomic E-state index is -0.957.